The van der Waals surface area contributed by atoms with Crippen molar-refractivity contribution in [2.24, 2.45) is 0 Å². The van der Waals surface area contributed by atoms with Crippen LogP contribution in [0.25, 0.3) is 16.3 Å². The summed E-state index contributed by atoms with van der Waals surface area (Å²) in [5, 5.41) is -0.344. The zero-order chi connectivity index (χ0) is 27.3. The fraction of sp³-hybridized carbons (Fsp3) is 0.310. The molecule has 0 bridgehead atoms. The Morgan fingerprint density at radius 1 is 1.18 bits per heavy atom. The second-order valence-corrected chi connectivity index (χ2v) is 16.9. The Bertz CT molecular complexity index is 1790. The molecule has 0 spiro atoms. The van der Waals surface area contributed by atoms with Crippen LogP contribution in [0, 0.1) is 11.8 Å². The van der Waals surface area contributed by atoms with Crippen molar-refractivity contribution in [2.75, 3.05) is 20.4 Å². The second kappa shape index (κ2) is 10.3. The molecule has 39 heavy (non-hydrogen) atoms. The van der Waals surface area contributed by atoms with Crippen LogP contribution in [-0.2, 0) is 31.4 Å². The Balaban J connectivity index is 1.34. The number of hydrogen-bond donors (Lipinski definition) is 1. The first-order chi connectivity index (χ1) is 18.7. The van der Waals surface area contributed by atoms with Crippen LogP contribution >= 0.6 is 27.1 Å². The first-order valence-corrected chi connectivity index (χ1v) is 17.5. The van der Waals surface area contributed by atoms with Crippen molar-refractivity contribution >= 4 is 43.4 Å². The minimum absolute atomic E-state index is 0.0664. The van der Waals surface area contributed by atoms with Crippen LogP contribution in [0.1, 0.15) is 40.5 Å². The van der Waals surface area contributed by atoms with E-state index >= 15 is 0 Å². The number of nitrogens with one attached hydrogen (secondary N) is 1. The van der Waals surface area contributed by atoms with E-state index in [1.54, 1.807) is 29.2 Å². The summed E-state index contributed by atoms with van der Waals surface area (Å²) < 4.78 is 30.3. The van der Waals surface area contributed by atoms with Crippen LogP contribution < -0.4 is 11.2 Å². The molecular formula is C29H26IN2O6P. The molecule has 0 radical (unpaired) electrons. The van der Waals surface area contributed by atoms with Crippen molar-refractivity contribution in [1.82, 2.24) is 9.55 Å². The van der Waals surface area contributed by atoms with Crippen molar-refractivity contribution < 1.29 is 18.6 Å². The lowest BCUT2D eigenvalue weighted by Gasteiger charge is -2.23. The fourth-order valence-electron chi connectivity index (χ4n) is 5.54. The van der Waals surface area contributed by atoms with Crippen LogP contribution in [0.4, 0.5) is 0 Å². The predicted molar refractivity (Wildman–Crippen MR) is 159 cm³/mol. The van der Waals surface area contributed by atoms with Gasteiger partial charge in [-0.3, -0.25) is 18.9 Å². The Hall–Kier alpha value is -2.74. The molecular weight excluding hydrogens is 630 g/mol. The molecule has 0 amide bonds. The van der Waals surface area contributed by atoms with Crippen molar-refractivity contribution in [3.05, 3.63) is 97.3 Å². The van der Waals surface area contributed by atoms with Gasteiger partial charge in [0.25, 0.3) is 10.6 Å². The van der Waals surface area contributed by atoms with E-state index < -0.39 is 28.6 Å². The van der Waals surface area contributed by atoms with Crippen LogP contribution in [0.15, 0.2) is 58.3 Å². The molecule has 2 aliphatic carbocycles. The number of aromatic nitrogens is 2. The third kappa shape index (κ3) is 5.12. The van der Waals surface area contributed by atoms with Crippen molar-refractivity contribution in [3.63, 3.8) is 0 Å². The maximum atomic E-state index is 12.7. The second-order valence-electron chi connectivity index (χ2n) is 9.90. The number of methoxy groups -OCH3 is 1. The smallest absolute Gasteiger partial charge is 0.330 e. The van der Waals surface area contributed by atoms with E-state index in [2.05, 4.69) is 53.3 Å². The Morgan fingerprint density at radius 3 is 2.77 bits per heavy atom. The summed E-state index contributed by atoms with van der Waals surface area (Å²) in [5.74, 6) is 6.20. The van der Waals surface area contributed by atoms with Gasteiger partial charge < -0.3 is 14.0 Å². The molecule has 3 aromatic rings. The van der Waals surface area contributed by atoms with E-state index in [9.17, 15) is 14.2 Å². The summed E-state index contributed by atoms with van der Waals surface area (Å²) in [6.07, 6.45) is 8.51. The van der Waals surface area contributed by atoms with E-state index in [1.165, 1.54) is 44.9 Å². The van der Waals surface area contributed by atoms with Crippen LogP contribution in [-0.4, -0.2) is 42.1 Å². The van der Waals surface area contributed by atoms with Gasteiger partial charge in [0.2, 0.25) is 0 Å². The lowest BCUT2D eigenvalue weighted by Crippen LogP contribution is -2.33. The van der Waals surface area contributed by atoms with E-state index in [-0.39, 0.29) is 18.3 Å². The molecule has 1 aliphatic heterocycles. The van der Waals surface area contributed by atoms with Gasteiger partial charge in [0.1, 0.15) is 17.9 Å². The number of hydrogen-bond acceptors (Lipinski definition) is 6. The first-order valence-electron chi connectivity index (χ1n) is 12.6. The Labute approximate surface area is 238 Å². The lowest BCUT2D eigenvalue weighted by atomic mass is 9.80. The molecule has 1 N–H and O–H groups in total. The van der Waals surface area contributed by atoms with E-state index in [0.29, 0.717) is 6.42 Å². The van der Waals surface area contributed by atoms with Crippen LogP contribution in [0.2, 0.25) is 0 Å². The lowest BCUT2D eigenvalue weighted by molar-refractivity contribution is -0.0476. The first kappa shape index (κ1) is 26.5. The largest absolute Gasteiger partial charge is 0.378 e. The highest BCUT2D eigenvalue weighted by Crippen LogP contribution is 2.52. The average Bonchev–Trinajstić information content (AvgIpc) is 3.33. The standard InChI is InChI=1S/C29H26IN2O6P/c1-36-23-14-25(38-24(23)16-37-39(2,30)35)32-15-21(28(33)31-29(32)34)11-7-17-6-8-20-10-9-18-4-3-5-19-12-13-22(17)27(20)26(18)19/h3,5-6,8-10,12,15,23-25H,4,13-14,16H2,1-2H3,(H,31,33,34)/t23-,24-,25-,39?/m1/s1. The van der Waals surface area contributed by atoms with Gasteiger partial charge in [-0.2, -0.15) is 0 Å². The molecule has 8 nitrogen and oxygen atoms in total. The van der Waals surface area contributed by atoms with E-state index in [1.807, 2.05) is 6.07 Å². The number of rotatable bonds is 5. The topological polar surface area (TPSA) is 99.6 Å². The minimum Gasteiger partial charge on any atom is -0.378 e. The molecule has 1 aromatic heterocycles. The molecule has 4 atom stereocenters. The summed E-state index contributed by atoms with van der Waals surface area (Å²) in [6.45, 7) is 1.58. The number of ether oxygens (including phenoxy) is 2. The van der Waals surface area contributed by atoms with Crippen LogP contribution in [0.3, 0.4) is 0 Å². The fourth-order valence-corrected chi connectivity index (χ4v) is 6.44. The summed E-state index contributed by atoms with van der Waals surface area (Å²) in [5.41, 5.74) is 4.84. The number of nitrogens with zero attached hydrogens (tertiary/aromatic N) is 1. The highest BCUT2D eigenvalue weighted by atomic mass is 127. The average molecular weight is 656 g/mol. The third-order valence-electron chi connectivity index (χ3n) is 7.39. The highest BCUT2D eigenvalue weighted by Gasteiger charge is 2.38. The highest BCUT2D eigenvalue weighted by molar-refractivity contribution is 14.2. The van der Waals surface area contributed by atoms with Gasteiger partial charge in [-0.05, 0) is 51.9 Å². The zero-order valence-electron chi connectivity index (χ0n) is 21.4. The molecule has 10 heteroatoms. The van der Waals surface area contributed by atoms with Crippen molar-refractivity contribution in [3.8, 4) is 11.8 Å². The summed E-state index contributed by atoms with van der Waals surface area (Å²) in [4.78, 5) is 27.8. The number of benzene rings is 2. The molecule has 3 aliphatic rings. The molecule has 2 aromatic carbocycles. The summed E-state index contributed by atoms with van der Waals surface area (Å²) in [6, 6.07) is 8.41. The molecule has 1 saturated heterocycles. The van der Waals surface area contributed by atoms with Crippen molar-refractivity contribution in [1.29, 1.82) is 0 Å². The number of halogens is 1. The SMILES string of the molecule is CO[C@@H]1C[C@H](n2cc(C#Cc3ccc4ccc5c6c4c3CC=C6C=CC5)c(=O)[nH]c2=O)O[C@@H]1COP(C)(=O)I. The maximum Gasteiger partial charge on any atom is 0.330 e. The minimum atomic E-state index is -2.74. The molecule has 1 unspecified atom stereocenters. The predicted octanol–water partition coefficient (Wildman–Crippen LogP) is 4.72. The molecule has 200 valence electrons. The van der Waals surface area contributed by atoms with E-state index in [0.717, 1.165) is 24.0 Å². The molecule has 2 heterocycles. The van der Waals surface area contributed by atoms with Gasteiger partial charge in [0.15, 0.2) is 0 Å². The zero-order valence-corrected chi connectivity index (χ0v) is 24.5. The number of allylic oxidation sites excluding steroid dienone is 4. The normalized spacial score (nSPS) is 22.7. The van der Waals surface area contributed by atoms with Crippen molar-refractivity contribution in [2.45, 2.75) is 37.7 Å². The van der Waals surface area contributed by atoms with E-state index in [4.69, 9.17) is 14.0 Å². The summed E-state index contributed by atoms with van der Waals surface area (Å²) in [7, 11) is 1.55. The number of aromatic amines is 1. The number of H-pyrrole nitrogens is 1. The molecule has 6 rings (SSSR count). The van der Waals surface area contributed by atoms with Gasteiger partial charge >= 0.3 is 5.69 Å². The summed E-state index contributed by atoms with van der Waals surface area (Å²) >= 11 is 1.77. The quantitative estimate of drug-likeness (QED) is 0.243. The van der Waals surface area contributed by atoms with Gasteiger partial charge in [-0.1, -0.05) is 48.3 Å². The van der Waals surface area contributed by atoms with Crippen LogP contribution in [0.5, 0.6) is 0 Å². The third-order valence-corrected chi connectivity index (χ3v) is 8.84. The maximum absolute atomic E-state index is 12.7. The van der Waals surface area contributed by atoms with Gasteiger partial charge in [-0.15, -0.1) is 0 Å². The van der Waals surface area contributed by atoms with Gasteiger partial charge in [0.05, 0.1) is 12.7 Å². The molecule has 0 saturated carbocycles. The van der Waals surface area contributed by atoms with Gasteiger partial charge in [0, 0.05) is 54.0 Å². The Morgan fingerprint density at radius 2 is 1.97 bits per heavy atom. The molecule has 1 fully saturated rings. The Kier molecular flexibility index (Phi) is 7.02. The monoisotopic (exact) mass is 656 g/mol. The van der Waals surface area contributed by atoms with Gasteiger partial charge in [-0.25, -0.2) is 4.79 Å².